The molecular formula is C36H40IrNO2S-. The molecule has 0 atom stereocenters. The van der Waals surface area contributed by atoms with E-state index < -0.39 is 0 Å². The zero-order valence-electron chi connectivity index (χ0n) is 25.2. The number of fused-ring (bicyclic) bond motifs is 4. The van der Waals surface area contributed by atoms with Gasteiger partial charge in [0.05, 0.1) is 5.76 Å². The number of carbonyl (C=O) groups is 1. The molecule has 1 radical (unpaired) electrons. The third-order valence-corrected chi connectivity index (χ3v) is 8.54. The Bertz CT molecular complexity index is 1690. The van der Waals surface area contributed by atoms with Gasteiger partial charge in [0.1, 0.15) is 0 Å². The Kier molecular flexibility index (Phi) is 11.1. The van der Waals surface area contributed by atoms with Gasteiger partial charge in [-0.3, -0.25) is 4.79 Å². The van der Waals surface area contributed by atoms with E-state index in [0.717, 1.165) is 11.3 Å². The number of ketones is 1. The molecule has 0 spiro atoms. The maximum absolute atomic E-state index is 11.0. The van der Waals surface area contributed by atoms with E-state index in [1.54, 1.807) is 0 Å². The summed E-state index contributed by atoms with van der Waals surface area (Å²) >= 11 is 1.88. The van der Waals surface area contributed by atoms with Crippen LogP contribution in [-0.4, -0.2) is 15.9 Å². The smallest absolute Gasteiger partial charge is 0.161 e. The first kappa shape index (κ1) is 32.7. The van der Waals surface area contributed by atoms with Crippen molar-refractivity contribution in [1.82, 2.24) is 4.98 Å². The van der Waals surface area contributed by atoms with Crippen LogP contribution in [0.4, 0.5) is 0 Å². The number of benzene rings is 3. The van der Waals surface area contributed by atoms with Gasteiger partial charge in [0, 0.05) is 48.9 Å². The van der Waals surface area contributed by atoms with Crippen molar-refractivity contribution in [2.24, 2.45) is 11.8 Å². The van der Waals surface area contributed by atoms with E-state index >= 15 is 0 Å². The minimum Gasteiger partial charge on any atom is -0.512 e. The van der Waals surface area contributed by atoms with E-state index in [1.807, 2.05) is 45.2 Å². The van der Waals surface area contributed by atoms with Crippen LogP contribution in [0.5, 0.6) is 0 Å². The summed E-state index contributed by atoms with van der Waals surface area (Å²) in [6.45, 7) is 16.3. The van der Waals surface area contributed by atoms with E-state index in [9.17, 15) is 9.90 Å². The molecule has 0 aliphatic heterocycles. The molecule has 0 bridgehead atoms. The number of rotatable bonds is 6. The van der Waals surface area contributed by atoms with Crippen molar-refractivity contribution < 1.29 is 30.0 Å². The normalized spacial score (nSPS) is 12.0. The molecule has 0 aliphatic rings. The Morgan fingerprint density at radius 2 is 1.56 bits per heavy atom. The molecule has 0 saturated heterocycles. The number of aromatic nitrogens is 1. The Morgan fingerprint density at radius 3 is 2.20 bits per heavy atom. The van der Waals surface area contributed by atoms with Gasteiger partial charge in [0.15, 0.2) is 5.78 Å². The standard InChI is InChI=1S/C27H24NS.C9H16O2.Ir/c1-16(2)18-11-12-21-19(15-18)13-14-28-25(21)24-10-6-9-23-22-8-5-7-20(17(3)4)26(22)29-27(23)24;1-6(2)8(10)5-9(11)7(3)4;/h5-9,11-17H,1-4H3;5-7,10H,1-4H3;/q-1;;/b;8-5-;. The number of thiophene rings is 1. The van der Waals surface area contributed by atoms with Crippen LogP contribution < -0.4 is 0 Å². The van der Waals surface area contributed by atoms with Crippen molar-refractivity contribution in [1.29, 1.82) is 0 Å². The Hall–Kier alpha value is -2.85. The second-order valence-corrected chi connectivity index (χ2v) is 12.7. The minimum atomic E-state index is -0.0316. The Balaban J connectivity index is 0.000000331. The molecule has 5 heteroatoms. The molecule has 3 aromatic carbocycles. The van der Waals surface area contributed by atoms with Crippen LogP contribution in [0.15, 0.2) is 72.6 Å². The summed E-state index contributed by atoms with van der Waals surface area (Å²) in [7, 11) is 0. The summed E-state index contributed by atoms with van der Waals surface area (Å²) < 4.78 is 2.67. The fraction of sp³-hybridized carbons (Fsp3) is 0.333. The number of carbonyl (C=O) groups excluding carboxylic acids is 1. The van der Waals surface area contributed by atoms with Crippen LogP contribution >= 0.6 is 11.3 Å². The van der Waals surface area contributed by atoms with Gasteiger partial charge >= 0.3 is 0 Å². The summed E-state index contributed by atoms with van der Waals surface area (Å²) in [6.07, 6.45) is 3.25. The monoisotopic (exact) mass is 743 g/mol. The average molecular weight is 743 g/mol. The van der Waals surface area contributed by atoms with E-state index in [4.69, 9.17) is 4.98 Å². The van der Waals surface area contributed by atoms with Crippen molar-refractivity contribution in [3.8, 4) is 11.3 Å². The molecule has 0 fully saturated rings. The number of hydrogen-bond acceptors (Lipinski definition) is 4. The minimum absolute atomic E-state index is 0. The molecule has 5 aromatic rings. The molecule has 1 N–H and O–H groups in total. The number of allylic oxidation sites excluding steroid dienone is 2. The molecule has 2 aromatic heterocycles. The van der Waals surface area contributed by atoms with Crippen molar-refractivity contribution in [2.45, 2.75) is 67.2 Å². The summed E-state index contributed by atoms with van der Waals surface area (Å²) in [5.74, 6) is 1.18. The number of aliphatic hydroxyl groups is 1. The van der Waals surface area contributed by atoms with E-state index in [0.29, 0.717) is 11.8 Å². The molecule has 0 unspecified atom stereocenters. The third-order valence-electron chi connectivity index (χ3n) is 7.25. The number of hydrogen-bond donors (Lipinski definition) is 1. The summed E-state index contributed by atoms with van der Waals surface area (Å²) in [4.78, 5) is 15.8. The number of pyridine rings is 1. The van der Waals surface area contributed by atoms with Crippen LogP contribution in [0.3, 0.4) is 0 Å². The van der Waals surface area contributed by atoms with Crippen LogP contribution in [0.1, 0.15) is 78.4 Å². The molecular weight excluding hydrogens is 703 g/mol. The van der Waals surface area contributed by atoms with Gasteiger partial charge < -0.3 is 10.1 Å². The van der Waals surface area contributed by atoms with Crippen molar-refractivity contribution in [3.63, 3.8) is 0 Å². The Morgan fingerprint density at radius 1 is 0.854 bits per heavy atom. The molecule has 0 aliphatic carbocycles. The van der Waals surface area contributed by atoms with E-state index in [-0.39, 0.29) is 43.5 Å². The fourth-order valence-corrected chi connectivity index (χ4v) is 6.11. The van der Waals surface area contributed by atoms with Gasteiger partial charge in [-0.15, -0.1) is 23.8 Å². The van der Waals surface area contributed by atoms with Crippen molar-refractivity contribution in [3.05, 3.63) is 89.8 Å². The number of aliphatic hydroxyl groups excluding tert-OH is 1. The van der Waals surface area contributed by atoms with Crippen LogP contribution in [0.25, 0.3) is 42.2 Å². The van der Waals surface area contributed by atoms with Crippen LogP contribution in [-0.2, 0) is 24.9 Å². The van der Waals surface area contributed by atoms with Crippen LogP contribution in [0, 0.1) is 17.9 Å². The van der Waals surface area contributed by atoms with Gasteiger partial charge in [-0.05, 0) is 55.6 Å². The fourth-order valence-electron chi connectivity index (χ4n) is 4.65. The molecule has 41 heavy (non-hydrogen) atoms. The van der Waals surface area contributed by atoms with Gasteiger partial charge in [-0.25, -0.2) is 0 Å². The first-order valence-corrected chi connectivity index (χ1v) is 15.0. The zero-order valence-corrected chi connectivity index (χ0v) is 28.4. The summed E-state index contributed by atoms with van der Waals surface area (Å²) in [5, 5.41) is 14.3. The molecule has 0 saturated carbocycles. The maximum Gasteiger partial charge on any atom is 0.161 e. The van der Waals surface area contributed by atoms with Gasteiger partial charge in [-0.2, -0.15) is 11.3 Å². The largest absolute Gasteiger partial charge is 0.512 e. The maximum atomic E-state index is 11.0. The quantitative estimate of drug-likeness (QED) is 0.107. The van der Waals surface area contributed by atoms with Gasteiger partial charge in [-0.1, -0.05) is 97.2 Å². The van der Waals surface area contributed by atoms with E-state index in [1.165, 1.54) is 48.1 Å². The van der Waals surface area contributed by atoms with Crippen LogP contribution in [0.2, 0.25) is 0 Å². The topological polar surface area (TPSA) is 50.2 Å². The molecule has 217 valence electrons. The summed E-state index contributed by atoms with van der Waals surface area (Å²) in [5.41, 5.74) is 4.92. The second kappa shape index (κ2) is 13.9. The van der Waals surface area contributed by atoms with E-state index in [2.05, 4.69) is 88.4 Å². The third kappa shape index (κ3) is 7.14. The molecule has 2 heterocycles. The van der Waals surface area contributed by atoms with Gasteiger partial charge in [0.2, 0.25) is 0 Å². The SMILES string of the molecule is CC(C)C(=O)/C=C(\O)C(C)C.CC(C)c1ccc2c(-c3[c-]ccc4c3sc3c(C(C)C)cccc34)nccc2c1.[Ir]. The van der Waals surface area contributed by atoms with Crippen molar-refractivity contribution >= 4 is 48.1 Å². The van der Waals surface area contributed by atoms with Gasteiger partial charge in [0.25, 0.3) is 0 Å². The molecule has 5 rings (SSSR count). The average Bonchev–Trinajstić information content (AvgIpc) is 3.31. The zero-order chi connectivity index (χ0) is 29.1. The molecule has 3 nitrogen and oxygen atoms in total. The first-order valence-electron chi connectivity index (χ1n) is 14.2. The predicted molar refractivity (Wildman–Crippen MR) is 172 cm³/mol. The number of nitrogens with zero attached hydrogens (tertiary/aromatic N) is 1. The predicted octanol–water partition coefficient (Wildman–Crippen LogP) is 10.6. The molecule has 0 amide bonds. The van der Waals surface area contributed by atoms with Crippen molar-refractivity contribution in [2.75, 3.05) is 0 Å². The Labute approximate surface area is 262 Å². The first-order chi connectivity index (χ1) is 19.0. The summed E-state index contributed by atoms with van der Waals surface area (Å²) in [6, 6.07) is 23.3. The second-order valence-electron chi connectivity index (χ2n) is 11.7.